The molecule has 3 heteroatoms. The number of aromatic nitrogens is 3. The summed E-state index contributed by atoms with van der Waals surface area (Å²) in [6.07, 6.45) is 3.61. The molecule has 0 saturated carbocycles. The van der Waals surface area contributed by atoms with Crippen LogP contribution in [0, 0.1) is 0 Å². The van der Waals surface area contributed by atoms with Crippen molar-refractivity contribution in [1.29, 1.82) is 0 Å². The number of hydrogen-bond donors (Lipinski definition) is 0. The van der Waals surface area contributed by atoms with Crippen molar-refractivity contribution in [3.05, 3.63) is 36.7 Å². The Hall–Kier alpha value is -1.90. The van der Waals surface area contributed by atoms with Crippen LogP contribution in [-0.2, 0) is 7.05 Å². The van der Waals surface area contributed by atoms with Gasteiger partial charge in [0, 0.05) is 30.2 Å². The monoisotopic (exact) mass is 183 g/mol. The normalized spacial score (nSPS) is 11.2. The number of hydrogen-bond acceptors (Lipinski definition) is 2. The Morgan fingerprint density at radius 1 is 0.929 bits per heavy atom. The summed E-state index contributed by atoms with van der Waals surface area (Å²) < 4.78 is 2.02. The van der Waals surface area contributed by atoms with Gasteiger partial charge in [0.05, 0.1) is 0 Å². The van der Waals surface area contributed by atoms with Crippen molar-refractivity contribution in [1.82, 2.24) is 14.5 Å². The van der Waals surface area contributed by atoms with E-state index in [0.29, 0.717) is 0 Å². The fraction of sp³-hybridized carbons (Fsp3) is 0.0909. The van der Waals surface area contributed by atoms with E-state index in [1.54, 1.807) is 12.4 Å². The molecular weight excluding hydrogens is 174 g/mol. The van der Waals surface area contributed by atoms with Crippen molar-refractivity contribution >= 4 is 22.1 Å². The zero-order valence-corrected chi connectivity index (χ0v) is 7.81. The van der Waals surface area contributed by atoms with E-state index in [1.165, 1.54) is 0 Å². The molecule has 0 unspecified atom stereocenters. The van der Waals surface area contributed by atoms with Crippen LogP contribution < -0.4 is 0 Å². The highest BCUT2D eigenvalue weighted by molar-refractivity contribution is 6.04. The Morgan fingerprint density at radius 3 is 1.93 bits per heavy atom. The molecule has 0 bridgehead atoms. The second kappa shape index (κ2) is 2.54. The maximum Gasteiger partial charge on any atom is 0.141 e. The summed E-state index contributed by atoms with van der Waals surface area (Å²) in [5.41, 5.74) is 1.97. The minimum absolute atomic E-state index is 0.987. The summed E-state index contributed by atoms with van der Waals surface area (Å²) in [5, 5.41) is 2.33. The van der Waals surface area contributed by atoms with Crippen LogP contribution in [0.5, 0.6) is 0 Å². The van der Waals surface area contributed by atoms with Gasteiger partial charge in [-0.15, -0.1) is 0 Å². The topological polar surface area (TPSA) is 30.7 Å². The maximum atomic E-state index is 4.34. The highest BCUT2D eigenvalue weighted by atomic mass is 15.1. The molecule has 0 aliphatic heterocycles. The third kappa shape index (κ3) is 0.812. The minimum atomic E-state index is 0.987. The maximum absolute atomic E-state index is 4.34. The van der Waals surface area contributed by atoms with Crippen molar-refractivity contribution in [3.8, 4) is 0 Å². The first-order valence-electron chi connectivity index (χ1n) is 4.52. The van der Waals surface area contributed by atoms with Gasteiger partial charge < -0.3 is 4.57 Å². The van der Waals surface area contributed by atoms with Crippen LogP contribution in [0.4, 0.5) is 0 Å². The van der Waals surface area contributed by atoms with E-state index in [0.717, 1.165) is 22.1 Å². The number of fused-ring (bicyclic) bond motifs is 3. The van der Waals surface area contributed by atoms with Gasteiger partial charge in [0.2, 0.25) is 0 Å². The fourth-order valence-electron chi connectivity index (χ4n) is 1.85. The van der Waals surface area contributed by atoms with E-state index >= 15 is 0 Å². The Balaban J connectivity index is 2.69. The van der Waals surface area contributed by atoms with E-state index in [1.807, 2.05) is 23.7 Å². The van der Waals surface area contributed by atoms with Gasteiger partial charge >= 0.3 is 0 Å². The molecule has 68 valence electrons. The standard InChI is InChI=1S/C11H9N3/c1-14-10-8(4-2-6-12-10)9-5-3-7-13-11(9)14/h2-7H,1H3. The molecule has 0 aliphatic rings. The molecule has 3 aromatic rings. The second-order valence-corrected chi connectivity index (χ2v) is 3.31. The minimum Gasteiger partial charge on any atom is -0.313 e. The molecule has 0 radical (unpaired) electrons. The molecule has 3 aromatic heterocycles. The van der Waals surface area contributed by atoms with Gasteiger partial charge in [-0.05, 0) is 24.3 Å². The van der Waals surface area contributed by atoms with Gasteiger partial charge in [-0.3, -0.25) is 0 Å². The lowest BCUT2D eigenvalue weighted by Crippen LogP contribution is -1.89. The second-order valence-electron chi connectivity index (χ2n) is 3.31. The van der Waals surface area contributed by atoms with E-state index in [4.69, 9.17) is 0 Å². The van der Waals surface area contributed by atoms with Crippen LogP contribution >= 0.6 is 0 Å². The third-order valence-corrected chi connectivity index (χ3v) is 2.50. The van der Waals surface area contributed by atoms with Crippen molar-refractivity contribution in [2.75, 3.05) is 0 Å². The molecule has 3 rings (SSSR count). The molecule has 3 nitrogen and oxygen atoms in total. The first-order valence-corrected chi connectivity index (χ1v) is 4.52. The van der Waals surface area contributed by atoms with Crippen molar-refractivity contribution < 1.29 is 0 Å². The summed E-state index contributed by atoms with van der Waals surface area (Å²) in [5.74, 6) is 0. The van der Waals surface area contributed by atoms with Crippen molar-refractivity contribution in [2.24, 2.45) is 7.05 Å². The number of rotatable bonds is 0. The Kier molecular flexibility index (Phi) is 1.36. The molecule has 0 aliphatic carbocycles. The number of aryl methyl sites for hydroxylation is 1. The van der Waals surface area contributed by atoms with Crippen LogP contribution in [0.15, 0.2) is 36.7 Å². The third-order valence-electron chi connectivity index (χ3n) is 2.50. The SMILES string of the molecule is Cn1c2ncccc2c2cccnc21. The Labute approximate surface area is 81.0 Å². The molecule has 14 heavy (non-hydrogen) atoms. The Morgan fingerprint density at radius 2 is 1.43 bits per heavy atom. The van der Waals surface area contributed by atoms with E-state index in [9.17, 15) is 0 Å². The highest BCUT2D eigenvalue weighted by Gasteiger charge is 2.07. The molecule has 0 amide bonds. The van der Waals surface area contributed by atoms with Gasteiger partial charge in [-0.2, -0.15) is 0 Å². The van der Waals surface area contributed by atoms with E-state index < -0.39 is 0 Å². The first kappa shape index (κ1) is 7.50. The van der Waals surface area contributed by atoms with Crippen LogP contribution in [-0.4, -0.2) is 14.5 Å². The lowest BCUT2D eigenvalue weighted by atomic mass is 10.2. The van der Waals surface area contributed by atoms with Gasteiger partial charge in [0.25, 0.3) is 0 Å². The van der Waals surface area contributed by atoms with Crippen LogP contribution in [0.1, 0.15) is 0 Å². The quantitative estimate of drug-likeness (QED) is 0.534. The largest absolute Gasteiger partial charge is 0.313 e. The highest BCUT2D eigenvalue weighted by Crippen LogP contribution is 2.23. The summed E-state index contributed by atoms with van der Waals surface area (Å²) in [6.45, 7) is 0. The number of nitrogens with zero attached hydrogens (tertiary/aromatic N) is 3. The van der Waals surface area contributed by atoms with Gasteiger partial charge in [0.15, 0.2) is 0 Å². The first-order chi connectivity index (χ1) is 6.88. The predicted octanol–water partition coefficient (Wildman–Crippen LogP) is 2.12. The van der Waals surface area contributed by atoms with Crippen LogP contribution in [0.25, 0.3) is 22.1 Å². The lowest BCUT2D eigenvalue weighted by molar-refractivity contribution is 0.968. The van der Waals surface area contributed by atoms with Crippen LogP contribution in [0.2, 0.25) is 0 Å². The van der Waals surface area contributed by atoms with Crippen LogP contribution in [0.3, 0.4) is 0 Å². The summed E-state index contributed by atoms with van der Waals surface area (Å²) in [7, 11) is 1.99. The van der Waals surface area contributed by atoms with Crippen molar-refractivity contribution in [3.63, 3.8) is 0 Å². The van der Waals surface area contributed by atoms with Crippen molar-refractivity contribution in [2.45, 2.75) is 0 Å². The van der Waals surface area contributed by atoms with E-state index in [2.05, 4.69) is 22.1 Å². The van der Waals surface area contributed by atoms with Gasteiger partial charge in [-0.1, -0.05) is 0 Å². The average molecular weight is 183 g/mol. The van der Waals surface area contributed by atoms with Gasteiger partial charge in [-0.25, -0.2) is 9.97 Å². The smallest absolute Gasteiger partial charge is 0.141 e. The lowest BCUT2D eigenvalue weighted by Gasteiger charge is -1.93. The molecule has 0 spiro atoms. The average Bonchev–Trinajstić information content (AvgIpc) is 2.55. The zero-order valence-electron chi connectivity index (χ0n) is 7.81. The predicted molar refractivity (Wildman–Crippen MR) is 56.0 cm³/mol. The van der Waals surface area contributed by atoms with Gasteiger partial charge in [0.1, 0.15) is 11.3 Å². The summed E-state index contributed by atoms with van der Waals surface area (Å²) in [6, 6.07) is 8.06. The summed E-state index contributed by atoms with van der Waals surface area (Å²) >= 11 is 0. The molecule has 0 fully saturated rings. The molecule has 0 atom stereocenters. The molecule has 0 N–H and O–H groups in total. The van der Waals surface area contributed by atoms with E-state index in [-0.39, 0.29) is 0 Å². The molecule has 0 aromatic carbocycles. The number of pyridine rings is 2. The fourth-order valence-corrected chi connectivity index (χ4v) is 1.85. The molecular formula is C11H9N3. The summed E-state index contributed by atoms with van der Waals surface area (Å²) in [4.78, 5) is 8.68. The Bertz CT molecular complexity index is 557. The molecule has 0 saturated heterocycles. The zero-order chi connectivity index (χ0) is 9.54. The molecule has 3 heterocycles.